The number of carbonyl (C=O) groups excluding carboxylic acids is 1. The van der Waals surface area contributed by atoms with E-state index in [1.807, 2.05) is 69.6 Å². The van der Waals surface area contributed by atoms with Gasteiger partial charge in [0.05, 0.1) is 31.6 Å². The first-order valence-corrected chi connectivity index (χ1v) is 9.28. The summed E-state index contributed by atoms with van der Waals surface area (Å²) in [5, 5.41) is 4.30. The molecule has 0 unspecified atom stereocenters. The molecule has 0 bridgehead atoms. The zero-order valence-corrected chi connectivity index (χ0v) is 16.5. The number of morpholine rings is 1. The molecule has 0 aliphatic carbocycles. The van der Waals surface area contributed by atoms with Gasteiger partial charge in [-0.1, -0.05) is 0 Å². The predicted molar refractivity (Wildman–Crippen MR) is 103 cm³/mol. The Kier molecular flexibility index (Phi) is 6.13. The Balaban J connectivity index is 1.88. The third kappa shape index (κ3) is 4.48. The fourth-order valence-corrected chi connectivity index (χ4v) is 3.49. The van der Waals surface area contributed by atoms with Crippen molar-refractivity contribution >= 4 is 5.91 Å². The molecule has 0 spiro atoms. The number of carbonyl (C=O) groups is 1. The van der Waals surface area contributed by atoms with E-state index in [0.717, 1.165) is 17.9 Å². The molecule has 1 aromatic carbocycles. The second kappa shape index (κ2) is 8.54. The molecule has 1 fully saturated rings. The maximum absolute atomic E-state index is 13.3. The highest BCUT2D eigenvalue weighted by Gasteiger charge is 2.37. The van der Waals surface area contributed by atoms with E-state index in [0.29, 0.717) is 25.3 Å². The van der Waals surface area contributed by atoms with Crippen LogP contribution in [-0.4, -0.2) is 72.0 Å². The fourth-order valence-electron chi connectivity index (χ4n) is 3.49. The molecule has 1 aliphatic heterocycles. The van der Waals surface area contributed by atoms with E-state index in [2.05, 4.69) is 10.00 Å². The fraction of sp³-hybridized carbons (Fsp3) is 0.500. The lowest BCUT2D eigenvalue weighted by molar-refractivity contribution is -0.0684. The average Bonchev–Trinajstić information content (AvgIpc) is 3.07. The Labute approximate surface area is 160 Å². The van der Waals surface area contributed by atoms with Gasteiger partial charge in [-0.05, 0) is 45.3 Å². The molecule has 27 heavy (non-hydrogen) atoms. The molecular weight excluding hydrogens is 344 g/mol. The molecule has 1 aliphatic rings. The third-order valence-electron chi connectivity index (χ3n) is 4.64. The molecule has 0 N–H and O–H groups in total. The summed E-state index contributed by atoms with van der Waals surface area (Å²) < 4.78 is 13.3. The van der Waals surface area contributed by atoms with Gasteiger partial charge in [0.25, 0.3) is 5.91 Å². The van der Waals surface area contributed by atoms with E-state index in [1.165, 1.54) is 0 Å². The zero-order chi connectivity index (χ0) is 19.4. The Hall–Kier alpha value is -2.38. The minimum absolute atomic E-state index is 0.000965. The molecule has 2 atom stereocenters. The van der Waals surface area contributed by atoms with Gasteiger partial charge in [0.15, 0.2) is 0 Å². The van der Waals surface area contributed by atoms with E-state index in [-0.39, 0.29) is 18.1 Å². The topological polar surface area (TPSA) is 59.8 Å². The molecule has 2 heterocycles. The Bertz CT molecular complexity index is 757. The number of hydrogen-bond donors (Lipinski definition) is 0. The van der Waals surface area contributed by atoms with Crippen LogP contribution in [0.1, 0.15) is 28.9 Å². The van der Waals surface area contributed by atoms with Crippen molar-refractivity contribution in [1.82, 2.24) is 19.6 Å². The summed E-state index contributed by atoms with van der Waals surface area (Å²) in [5.41, 5.74) is 1.64. The minimum atomic E-state index is -0.172. The van der Waals surface area contributed by atoms with E-state index in [4.69, 9.17) is 9.47 Å². The zero-order valence-electron chi connectivity index (χ0n) is 16.5. The van der Waals surface area contributed by atoms with Crippen molar-refractivity contribution in [3.63, 3.8) is 0 Å². The van der Waals surface area contributed by atoms with Crippen molar-refractivity contribution in [3.05, 3.63) is 47.8 Å². The maximum atomic E-state index is 13.3. The van der Waals surface area contributed by atoms with Crippen LogP contribution in [-0.2, 0) is 11.8 Å². The van der Waals surface area contributed by atoms with Crippen LogP contribution in [0, 0.1) is 0 Å². The predicted octanol–water partition coefficient (Wildman–Crippen LogP) is 1.96. The lowest BCUT2D eigenvalue weighted by Gasteiger charge is -2.41. The molecule has 146 valence electrons. The maximum Gasteiger partial charge on any atom is 0.254 e. The van der Waals surface area contributed by atoms with Gasteiger partial charge in [-0.3, -0.25) is 9.48 Å². The van der Waals surface area contributed by atoms with Gasteiger partial charge < -0.3 is 19.3 Å². The number of ether oxygens (including phenoxy) is 2. The van der Waals surface area contributed by atoms with Gasteiger partial charge >= 0.3 is 0 Å². The number of likely N-dealkylation sites (N-methyl/N-ethyl adjacent to an activating group) is 1. The third-order valence-corrected chi connectivity index (χ3v) is 4.64. The van der Waals surface area contributed by atoms with Crippen molar-refractivity contribution in [2.75, 3.05) is 40.4 Å². The van der Waals surface area contributed by atoms with Gasteiger partial charge in [-0.25, -0.2) is 0 Å². The summed E-state index contributed by atoms with van der Waals surface area (Å²) in [7, 11) is 5.90. The number of amides is 1. The summed E-state index contributed by atoms with van der Waals surface area (Å²) in [4.78, 5) is 17.3. The number of aromatic nitrogens is 2. The van der Waals surface area contributed by atoms with Gasteiger partial charge in [0.1, 0.15) is 5.75 Å². The molecule has 0 saturated carbocycles. The molecular formula is C20H28N4O3. The molecule has 2 aromatic rings. The molecule has 7 nitrogen and oxygen atoms in total. The van der Waals surface area contributed by atoms with E-state index < -0.39 is 0 Å². The van der Waals surface area contributed by atoms with Crippen LogP contribution >= 0.6 is 0 Å². The van der Waals surface area contributed by atoms with Gasteiger partial charge in [0, 0.05) is 37.5 Å². The summed E-state index contributed by atoms with van der Waals surface area (Å²) in [5.74, 6) is 0.768. The number of benzene rings is 1. The second-order valence-electron chi connectivity index (χ2n) is 7.02. The van der Waals surface area contributed by atoms with Gasteiger partial charge in [0.2, 0.25) is 0 Å². The summed E-state index contributed by atoms with van der Waals surface area (Å²) >= 11 is 0. The lowest BCUT2D eigenvalue weighted by Crippen LogP contribution is -2.51. The van der Waals surface area contributed by atoms with Crippen molar-refractivity contribution in [3.8, 4) is 5.75 Å². The van der Waals surface area contributed by atoms with Crippen LogP contribution in [0.3, 0.4) is 0 Å². The standard InChI is InChI=1S/C20H28N4O3/c1-5-26-17-8-6-15(7-9-17)20(25)24-10-11-27-18(14-22(2)3)19(24)16-12-21-23(4)13-16/h6-9,12-13,18-19H,5,10-11,14H2,1-4H3/t18-,19-/m0/s1. The van der Waals surface area contributed by atoms with E-state index >= 15 is 0 Å². The molecule has 1 amide bonds. The van der Waals surface area contributed by atoms with Crippen molar-refractivity contribution in [1.29, 1.82) is 0 Å². The number of nitrogens with zero attached hydrogens (tertiary/aromatic N) is 4. The minimum Gasteiger partial charge on any atom is -0.494 e. The van der Waals surface area contributed by atoms with Crippen LogP contribution in [0.5, 0.6) is 5.75 Å². The summed E-state index contributed by atoms with van der Waals surface area (Å²) in [6.45, 7) is 4.35. The van der Waals surface area contributed by atoms with Gasteiger partial charge in [-0.15, -0.1) is 0 Å². The Morgan fingerprint density at radius 3 is 2.67 bits per heavy atom. The van der Waals surface area contributed by atoms with Crippen LogP contribution in [0.25, 0.3) is 0 Å². The average molecular weight is 372 g/mol. The van der Waals surface area contributed by atoms with Crippen molar-refractivity contribution in [2.45, 2.75) is 19.1 Å². The SMILES string of the molecule is CCOc1ccc(C(=O)N2CCO[C@@H](CN(C)C)[C@@H]2c2cnn(C)c2)cc1. The van der Waals surface area contributed by atoms with E-state index in [9.17, 15) is 4.79 Å². The molecule has 7 heteroatoms. The first-order valence-electron chi connectivity index (χ1n) is 9.28. The highest BCUT2D eigenvalue weighted by molar-refractivity contribution is 5.94. The number of rotatable bonds is 6. The first kappa shape index (κ1) is 19.4. The molecule has 3 rings (SSSR count). The van der Waals surface area contributed by atoms with Crippen LogP contribution in [0.2, 0.25) is 0 Å². The number of hydrogen-bond acceptors (Lipinski definition) is 5. The first-order chi connectivity index (χ1) is 13.0. The van der Waals surface area contributed by atoms with Crippen LogP contribution < -0.4 is 4.74 Å². The molecule has 0 radical (unpaired) electrons. The van der Waals surface area contributed by atoms with E-state index in [1.54, 1.807) is 4.68 Å². The normalized spacial score (nSPS) is 20.1. The smallest absolute Gasteiger partial charge is 0.254 e. The van der Waals surface area contributed by atoms with Crippen molar-refractivity contribution in [2.24, 2.45) is 7.05 Å². The van der Waals surface area contributed by atoms with Crippen molar-refractivity contribution < 1.29 is 14.3 Å². The molecule has 1 saturated heterocycles. The quantitative estimate of drug-likeness (QED) is 0.776. The second-order valence-corrected chi connectivity index (χ2v) is 7.02. The largest absolute Gasteiger partial charge is 0.494 e. The molecule has 1 aromatic heterocycles. The highest BCUT2D eigenvalue weighted by Crippen LogP contribution is 2.31. The van der Waals surface area contributed by atoms with Crippen LogP contribution in [0.15, 0.2) is 36.7 Å². The number of aryl methyl sites for hydroxylation is 1. The monoisotopic (exact) mass is 372 g/mol. The highest BCUT2D eigenvalue weighted by atomic mass is 16.5. The Morgan fingerprint density at radius 2 is 2.07 bits per heavy atom. The lowest BCUT2D eigenvalue weighted by atomic mass is 9.99. The summed E-state index contributed by atoms with van der Waals surface area (Å²) in [6.07, 6.45) is 3.67. The summed E-state index contributed by atoms with van der Waals surface area (Å²) in [6, 6.07) is 7.16. The van der Waals surface area contributed by atoms with Gasteiger partial charge in [-0.2, -0.15) is 5.10 Å². The Morgan fingerprint density at radius 1 is 1.33 bits per heavy atom. The van der Waals surface area contributed by atoms with Crippen LogP contribution in [0.4, 0.5) is 0 Å².